The van der Waals surface area contributed by atoms with Crippen LogP contribution in [0.25, 0.3) is 6.08 Å². The average Bonchev–Trinajstić information content (AvgIpc) is 2.83. The zero-order chi connectivity index (χ0) is 22.9. The van der Waals surface area contributed by atoms with Crippen molar-refractivity contribution in [2.75, 3.05) is 54.1 Å². The van der Waals surface area contributed by atoms with Gasteiger partial charge in [-0.25, -0.2) is 0 Å². The average molecular weight is 441 g/mol. The maximum Gasteiger partial charge on any atom is 0.246 e. The summed E-state index contributed by atoms with van der Waals surface area (Å²) >= 11 is 0. The molecule has 0 radical (unpaired) electrons. The number of benzene rings is 2. The smallest absolute Gasteiger partial charge is 0.246 e. The molecule has 0 aromatic heterocycles. The number of methoxy groups -OCH3 is 3. The van der Waals surface area contributed by atoms with Gasteiger partial charge in [-0.15, -0.1) is 0 Å². The highest BCUT2D eigenvalue weighted by molar-refractivity contribution is 5.91. The van der Waals surface area contributed by atoms with Crippen LogP contribution in [-0.2, 0) is 11.3 Å². The molecule has 3 rings (SSSR count). The monoisotopic (exact) mass is 440 g/mol. The highest BCUT2D eigenvalue weighted by Gasteiger charge is 2.22. The highest BCUT2D eigenvalue weighted by atomic mass is 16.5. The Bertz CT molecular complexity index is 919. The molecular formula is C25H32N2O5. The van der Waals surface area contributed by atoms with Gasteiger partial charge in [-0.2, -0.15) is 0 Å². The van der Waals surface area contributed by atoms with E-state index in [1.807, 2.05) is 54.3 Å². The van der Waals surface area contributed by atoms with Gasteiger partial charge in [0, 0.05) is 44.4 Å². The third-order valence-electron chi connectivity index (χ3n) is 5.47. The van der Waals surface area contributed by atoms with Crippen molar-refractivity contribution in [2.45, 2.75) is 13.5 Å². The molecule has 7 nitrogen and oxygen atoms in total. The first-order valence-electron chi connectivity index (χ1n) is 10.8. The van der Waals surface area contributed by atoms with Gasteiger partial charge in [0.05, 0.1) is 27.9 Å². The van der Waals surface area contributed by atoms with Gasteiger partial charge in [0.15, 0.2) is 11.5 Å². The van der Waals surface area contributed by atoms with Crippen LogP contribution in [0.1, 0.15) is 18.1 Å². The molecule has 0 aliphatic carbocycles. The van der Waals surface area contributed by atoms with Crippen LogP contribution in [0.4, 0.5) is 0 Å². The van der Waals surface area contributed by atoms with E-state index in [1.165, 1.54) is 0 Å². The van der Waals surface area contributed by atoms with Gasteiger partial charge < -0.3 is 23.8 Å². The molecule has 2 aromatic rings. The third-order valence-corrected chi connectivity index (χ3v) is 5.47. The summed E-state index contributed by atoms with van der Waals surface area (Å²) in [6.45, 7) is 6.26. The second kappa shape index (κ2) is 11.4. The lowest BCUT2D eigenvalue weighted by Crippen LogP contribution is -2.47. The maximum absolute atomic E-state index is 12.6. The molecule has 0 N–H and O–H groups in total. The van der Waals surface area contributed by atoms with Crippen LogP contribution in [0.2, 0.25) is 0 Å². The summed E-state index contributed by atoms with van der Waals surface area (Å²) in [4.78, 5) is 16.8. The second-order valence-corrected chi connectivity index (χ2v) is 7.43. The molecule has 1 amide bonds. The minimum atomic E-state index is 0.0298. The highest BCUT2D eigenvalue weighted by Crippen LogP contribution is 2.40. The van der Waals surface area contributed by atoms with Gasteiger partial charge in [0.1, 0.15) is 5.75 Å². The summed E-state index contributed by atoms with van der Waals surface area (Å²) in [5.41, 5.74) is 2.00. The molecule has 0 saturated carbocycles. The van der Waals surface area contributed by atoms with Crippen LogP contribution < -0.4 is 18.9 Å². The Hall–Kier alpha value is -3.19. The summed E-state index contributed by atoms with van der Waals surface area (Å²) in [6.07, 6.45) is 3.49. The van der Waals surface area contributed by atoms with Crippen LogP contribution in [0.3, 0.4) is 0 Å². The van der Waals surface area contributed by atoms with Crippen LogP contribution >= 0.6 is 0 Å². The Kier molecular flexibility index (Phi) is 8.39. The molecule has 1 aliphatic heterocycles. The standard InChI is InChI=1S/C25H32N2O5/c1-5-32-21-10-6-19(7-11-21)8-13-23(28)27-16-14-26(15-17-27)18-20-9-12-22(29-2)25(31-4)24(20)30-3/h6-13H,5,14-18H2,1-4H3/b13-8+. The molecule has 1 heterocycles. The minimum Gasteiger partial charge on any atom is -0.494 e. The number of ether oxygens (including phenoxy) is 4. The van der Waals surface area contributed by atoms with E-state index in [2.05, 4.69) is 4.90 Å². The number of carbonyl (C=O) groups excluding carboxylic acids is 1. The van der Waals surface area contributed by atoms with E-state index in [4.69, 9.17) is 18.9 Å². The molecule has 1 aliphatic rings. The van der Waals surface area contributed by atoms with Crippen LogP contribution in [0, 0.1) is 0 Å². The van der Waals surface area contributed by atoms with E-state index in [0.717, 1.165) is 30.0 Å². The zero-order valence-electron chi connectivity index (χ0n) is 19.3. The Balaban J connectivity index is 1.55. The molecule has 1 saturated heterocycles. The number of hydrogen-bond donors (Lipinski definition) is 0. The molecule has 32 heavy (non-hydrogen) atoms. The number of nitrogens with zero attached hydrogens (tertiary/aromatic N) is 2. The fourth-order valence-electron chi connectivity index (χ4n) is 3.77. The van der Waals surface area contributed by atoms with Crippen LogP contribution in [0.5, 0.6) is 23.0 Å². The fourth-order valence-corrected chi connectivity index (χ4v) is 3.77. The van der Waals surface area contributed by atoms with E-state index < -0.39 is 0 Å². The van der Waals surface area contributed by atoms with Crippen molar-refractivity contribution in [2.24, 2.45) is 0 Å². The van der Waals surface area contributed by atoms with Gasteiger partial charge in [0.2, 0.25) is 11.7 Å². The van der Waals surface area contributed by atoms with Gasteiger partial charge >= 0.3 is 0 Å². The zero-order valence-corrected chi connectivity index (χ0v) is 19.3. The Labute approximate surface area is 190 Å². The van der Waals surface area contributed by atoms with Gasteiger partial charge in [-0.1, -0.05) is 18.2 Å². The molecule has 0 bridgehead atoms. The van der Waals surface area contributed by atoms with Crippen molar-refractivity contribution in [1.82, 2.24) is 9.80 Å². The van der Waals surface area contributed by atoms with E-state index >= 15 is 0 Å². The van der Waals surface area contributed by atoms with Gasteiger partial charge in [-0.05, 0) is 36.8 Å². The molecular weight excluding hydrogens is 408 g/mol. The number of hydrogen-bond acceptors (Lipinski definition) is 6. The SMILES string of the molecule is CCOc1ccc(/C=C/C(=O)N2CCN(Cc3ccc(OC)c(OC)c3OC)CC2)cc1. The third kappa shape index (κ3) is 5.73. The van der Waals surface area contributed by atoms with Crippen molar-refractivity contribution in [3.8, 4) is 23.0 Å². The lowest BCUT2D eigenvalue weighted by atomic mass is 10.1. The van der Waals surface area contributed by atoms with Gasteiger partial charge in [0.25, 0.3) is 0 Å². The summed E-state index contributed by atoms with van der Waals surface area (Å²) in [5, 5.41) is 0. The molecule has 7 heteroatoms. The largest absolute Gasteiger partial charge is 0.494 e. The summed E-state index contributed by atoms with van der Waals surface area (Å²) in [5.74, 6) is 2.78. The minimum absolute atomic E-state index is 0.0298. The van der Waals surface area contributed by atoms with Gasteiger partial charge in [-0.3, -0.25) is 9.69 Å². The van der Waals surface area contributed by atoms with Crippen molar-refractivity contribution in [3.05, 3.63) is 53.6 Å². The van der Waals surface area contributed by atoms with E-state index in [1.54, 1.807) is 27.4 Å². The Morgan fingerprint density at radius 3 is 2.19 bits per heavy atom. The lowest BCUT2D eigenvalue weighted by Gasteiger charge is -2.34. The van der Waals surface area contributed by atoms with Crippen LogP contribution in [0.15, 0.2) is 42.5 Å². The first kappa shape index (κ1) is 23.5. The molecule has 2 aromatic carbocycles. The van der Waals surface area contributed by atoms with Crippen LogP contribution in [-0.4, -0.2) is 69.8 Å². The number of piperazine rings is 1. The summed E-state index contributed by atoms with van der Waals surface area (Å²) < 4.78 is 21.9. The molecule has 1 fully saturated rings. The van der Waals surface area contributed by atoms with Crippen molar-refractivity contribution >= 4 is 12.0 Å². The van der Waals surface area contributed by atoms with E-state index in [0.29, 0.717) is 43.5 Å². The molecule has 172 valence electrons. The molecule has 0 unspecified atom stereocenters. The topological polar surface area (TPSA) is 60.5 Å². The van der Waals surface area contributed by atoms with Crippen molar-refractivity contribution in [1.29, 1.82) is 0 Å². The number of amides is 1. The Morgan fingerprint density at radius 2 is 1.59 bits per heavy atom. The molecule has 0 spiro atoms. The van der Waals surface area contributed by atoms with Crippen molar-refractivity contribution in [3.63, 3.8) is 0 Å². The number of carbonyl (C=O) groups is 1. The first-order chi connectivity index (χ1) is 15.6. The van der Waals surface area contributed by atoms with E-state index in [-0.39, 0.29) is 5.91 Å². The predicted octanol–water partition coefficient (Wildman–Crippen LogP) is 3.47. The first-order valence-corrected chi connectivity index (χ1v) is 10.8. The quantitative estimate of drug-likeness (QED) is 0.557. The van der Waals surface area contributed by atoms with Crippen molar-refractivity contribution < 1.29 is 23.7 Å². The predicted molar refractivity (Wildman–Crippen MR) is 125 cm³/mol. The fraction of sp³-hybridized carbons (Fsp3) is 0.400. The normalized spacial score (nSPS) is 14.4. The van der Waals surface area contributed by atoms with E-state index in [9.17, 15) is 4.79 Å². The molecule has 0 atom stereocenters. The second-order valence-electron chi connectivity index (χ2n) is 7.43. The maximum atomic E-state index is 12.6. The lowest BCUT2D eigenvalue weighted by molar-refractivity contribution is -0.127. The summed E-state index contributed by atoms with van der Waals surface area (Å²) in [6, 6.07) is 11.6. The summed E-state index contributed by atoms with van der Waals surface area (Å²) in [7, 11) is 4.85. The Morgan fingerprint density at radius 1 is 0.906 bits per heavy atom. The number of rotatable bonds is 9.